The number of halogens is 1. The van der Waals surface area contributed by atoms with Crippen LogP contribution < -0.4 is 19.5 Å². The van der Waals surface area contributed by atoms with Gasteiger partial charge in [-0.2, -0.15) is 0 Å². The molecule has 1 N–H and O–H groups in total. The number of carbonyl (C=O) groups is 1. The number of hydrogen-bond donors (Lipinski definition) is 1. The summed E-state index contributed by atoms with van der Waals surface area (Å²) in [6.45, 7) is 7.60. The molecule has 10 nitrogen and oxygen atoms in total. The SMILES string of the molecule is COc1cc2c(Oc3ccc(NC(=O)c4nnn(-c5ccccc5C)c4C)cc3F)ccnc2cc1OCCCN1CCCCC1. The standard InChI is InChI=1S/C35H37FN6O4/c1-23-10-5-6-11-29(23)42-24(2)34(39-40-42)35(43)38-25-12-13-31(27(36)20-25)46-30-14-15-37-28-22-33(32(44-3)21-26(28)30)45-19-9-18-41-16-7-4-8-17-41/h5-6,10-15,20-22H,4,7-9,16-19H2,1-3H3,(H,38,43). The van der Waals surface area contributed by atoms with Crippen molar-refractivity contribution >= 4 is 22.5 Å². The predicted molar refractivity (Wildman–Crippen MR) is 174 cm³/mol. The molecule has 3 heterocycles. The van der Waals surface area contributed by atoms with Gasteiger partial charge in [-0.15, -0.1) is 5.10 Å². The normalized spacial score (nSPS) is 13.5. The number of piperidine rings is 1. The maximum absolute atomic E-state index is 15.3. The van der Waals surface area contributed by atoms with Crippen molar-refractivity contribution in [3.05, 3.63) is 89.6 Å². The van der Waals surface area contributed by atoms with Crippen LogP contribution in [0.5, 0.6) is 23.0 Å². The third-order valence-electron chi connectivity index (χ3n) is 8.17. The molecule has 1 fully saturated rings. The number of amides is 1. The fourth-order valence-corrected chi connectivity index (χ4v) is 5.68. The first-order chi connectivity index (χ1) is 22.4. The van der Waals surface area contributed by atoms with Gasteiger partial charge < -0.3 is 24.4 Å². The Balaban J connectivity index is 1.13. The Kier molecular flexibility index (Phi) is 9.39. The van der Waals surface area contributed by atoms with E-state index in [1.807, 2.05) is 37.3 Å². The van der Waals surface area contributed by atoms with Gasteiger partial charge in [-0.25, -0.2) is 9.07 Å². The number of para-hydroxylation sites is 1. The zero-order valence-corrected chi connectivity index (χ0v) is 26.3. The molecule has 1 amide bonds. The van der Waals surface area contributed by atoms with Crippen LogP contribution in [-0.2, 0) is 0 Å². The van der Waals surface area contributed by atoms with Crippen LogP contribution in [0.3, 0.4) is 0 Å². The number of hydrogen-bond acceptors (Lipinski definition) is 8. The first-order valence-electron chi connectivity index (χ1n) is 15.5. The molecule has 0 aliphatic carbocycles. The predicted octanol–water partition coefficient (Wildman–Crippen LogP) is 6.88. The second-order valence-electron chi connectivity index (χ2n) is 11.4. The third kappa shape index (κ3) is 6.79. The van der Waals surface area contributed by atoms with E-state index in [0.29, 0.717) is 40.5 Å². The Bertz CT molecular complexity index is 1850. The Hall–Kier alpha value is -5.03. The second-order valence-corrected chi connectivity index (χ2v) is 11.4. The van der Waals surface area contributed by atoms with Crippen molar-refractivity contribution in [2.24, 2.45) is 0 Å². The van der Waals surface area contributed by atoms with Crippen molar-refractivity contribution in [2.45, 2.75) is 39.5 Å². The molecule has 0 atom stereocenters. The molecule has 5 aromatic rings. The molecule has 0 bridgehead atoms. The highest BCUT2D eigenvalue weighted by atomic mass is 19.1. The Morgan fingerprint density at radius 2 is 1.78 bits per heavy atom. The zero-order chi connectivity index (χ0) is 32.0. The van der Waals surface area contributed by atoms with Gasteiger partial charge in [-0.05, 0) is 82.1 Å². The van der Waals surface area contributed by atoms with Gasteiger partial charge in [-0.3, -0.25) is 9.78 Å². The molecular weight excluding hydrogens is 587 g/mol. The van der Waals surface area contributed by atoms with E-state index in [1.165, 1.54) is 31.4 Å². The molecule has 0 saturated carbocycles. The summed E-state index contributed by atoms with van der Waals surface area (Å²) in [4.78, 5) is 20.0. The quantitative estimate of drug-likeness (QED) is 0.159. The highest BCUT2D eigenvalue weighted by molar-refractivity contribution is 6.03. The number of benzene rings is 3. The van der Waals surface area contributed by atoms with Crippen LogP contribution in [-0.4, -0.2) is 64.1 Å². The van der Waals surface area contributed by atoms with Gasteiger partial charge in [-0.1, -0.05) is 29.8 Å². The van der Waals surface area contributed by atoms with Crippen LogP contribution >= 0.6 is 0 Å². The van der Waals surface area contributed by atoms with Crippen molar-refractivity contribution in [3.63, 3.8) is 0 Å². The maximum atomic E-state index is 15.3. The number of rotatable bonds is 11. The number of aryl methyl sites for hydroxylation is 1. The van der Waals surface area contributed by atoms with Gasteiger partial charge >= 0.3 is 0 Å². The van der Waals surface area contributed by atoms with Crippen molar-refractivity contribution in [1.29, 1.82) is 0 Å². The largest absolute Gasteiger partial charge is 0.493 e. The molecule has 11 heteroatoms. The van der Waals surface area contributed by atoms with E-state index >= 15 is 4.39 Å². The van der Waals surface area contributed by atoms with Gasteiger partial charge in [0.2, 0.25) is 0 Å². The van der Waals surface area contributed by atoms with E-state index in [0.717, 1.165) is 37.3 Å². The van der Waals surface area contributed by atoms with Crippen LogP contribution in [0.2, 0.25) is 0 Å². The number of ether oxygens (including phenoxy) is 3. The number of carbonyl (C=O) groups excluding carboxylic acids is 1. The molecule has 238 valence electrons. The van der Waals surface area contributed by atoms with E-state index in [9.17, 15) is 4.79 Å². The first-order valence-corrected chi connectivity index (χ1v) is 15.5. The molecule has 0 spiro atoms. The average molecular weight is 625 g/mol. The summed E-state index contributed by atoms with van der Waals surface area (Å²) in [7, 11) is 1.58. The lowest BCUT2D eigenvalue weighted by Crippen LogP contribution is -2.31. The molecule has 1 aliphatic rings. The zero-order valence-electron chi connectivity index (χ0n) is 26.3. The topological polar surface area (TPSA) is 104 Å². The highest BCUT2D eigenvalue weighted by Crippen LogP contribution is 2.38. The van der Waals surface area contributed by atoms with Crippen LogP contribution in [0.15, 0.2) is 66.9 Å². The lowest BCUT2D eigenvalue weighted by atomic mass is 10.1. The summed E-state index contributed by atoms with van der Waals surface area (Å²) in [6.07, 6.45) is 6.36. The average Bonchev–Trinajstić information content (AvgIpc) is 3.45. The minimum absolute atomic E-state index is 0.0100. The molecular formula is C35H37FN6O4. The summed E-state index contributed by atoms with van der Waals surface area (Å²) >= 11 is 0. The van der Waals surface area contributed by atoms with Gasteiger partial charge in [0.05, 0.1) is 30.6 Å². The number of anilines is 1. The van der Waals surface area contributed by atoms with Crippen LogP contribution in [0.1, 0.15) is 47.4 Å². The number of pyridine rings is 1. The highest BCUT2D eigenvalue weighted by Gasteiger charge is 2.20. The molecule has 46 heavy (non-hydrogen) atoms. The smallest absolute Gasteiger partial charge is 0.278 e. The second kappa shape index (κ2) is 13.9. The number of fused-ring (bicyclic) bond motifs is 1. The molecule has 3 aromatic carbocycles. The summed E-state index contributed by atoms with van der Waals surface area (Å²) in [6, 6.07) is 17.2. The lowest BCUT2D eigenvalue weighted by molar-refractivity contribution is 0.102. The summed E-state index contributed by atoms with van der Waals surface area (Å²) < 4.78 is 34.6. The van der Waals surface area contributed by atoms with E-state index in [2.05, 4.69) is 25.5 Å². The Morgan fingerprint density at radius 3 is 2.57 bits per heavy atom. The minimum Gasteiger partial charge on any atom is -0.493 e. The number of likely N-dealkylation sites (tertiary alicyclic amines) is 1. The van der Waals surface area contributed by atoms with Gasteiger partial charge in [0, 0.05) is 35.9 Å². The van der Waals surface area contributed by atoms with Crippen molar-refractivity contribution in [1.82, 2.24) is 24.9 Å². The Morgan fingerprint density at radius 1 is 0.957 bits per heavy atom. The van der Waals surface area contributed by atoms with Crippen LogP contribution in [0.25, 0.3) is 16.6 Å². The lowest BCUT2D eigenvalue weighted by Gasteiger charge is -2.26. The fraction of sp³-hybridized carbons (Fsp3) is 0.314. The number of methoxy groups -OCH3 is 1. The summed E-state index contributed by atoms with van der Waals surface area (Å²) in [5.74, 6) is 0.379. The monoisotopic (exact) mass is 624 g/mol. The van der Waals surface area contributed by atoms with Gasteiger partial charge in [0.25, 0.3) is 5.91 Å². The number of aromatic nitrogens is 4. The van der Waals surface area contributed by atoms with Crippen LogP contribution in [0.4, 0.5) is 10.1 Å². The molecule has 1 saturated heterocycles. The molecule has 1 aliphatic heterocycles. The Labute approximate surface area is 267 Å². The summed E-state index contributed by atoms with van der Waals surface area (Å²) in [5.41, 5.74) is 3.41. The molecule has 0 radical (unpaired) electrons. The van der Waals surface area contributed by atoms with Gasteiger partial charge in [0.15, 0.2) is 28.8 Å². The molecule has 2 aromatic heterocycles. The van der Waals surface area contributed by atoms with E-state index in [1.54, 1.807) is 43.1 Å². The van der Waals surface area contributed by atoms with Crippen molar-refractivity contribution in [2.75, 3.05) is 38.7 Å². The minimum atomic E-state index is -0.649. The van der Waals surface area contributed by atoms with Crippen molar-refractivity contribution in [3.8, 4) is 28.7 Å². The molecule has 0 unspecified atom stereocenters. The van der Waals surface area contributed by atoms with E-state index in [4.69, 9.17) is 14.2 Å². The van der Waals surface area contributed by atoms with E-state index < -0.39 is 11.7 Å². The molecule has 6 rings (SSSR count). The van der Waals surface area contributed by atoms with Crippen LogP contribution in [0, 0.1) is 19.7 Å². The number of nitrogens with zero attached hydrogens (tertiary/aromatic N) is 5. The van der Waals surface area contributed by atoms with E-state index in [-0.39, 0.29) is 17.1 Å². The van der Waals surface area contributed by atoms with Gasteiger partial charge in [0.1, 0.15) is 5.75 Å². The maximum Gasteiger partial charge on any atom is 0.278 e. The third-order valence-corrected chi connectivity index (χ3v) is 8.17. The van der Waals surface area contributed by atoms with Crippen molar-refractivity contribution < 1.29 is 23.4 Å². The fourth-order valence-electron chi connectivity index (χ4n) is 5.68. The number of nitrogens with one attached hydrogen (secondary N) is 1. The first kappa shape index (κ1) is 31.0. The summed E-state index contributed by atoms with van der Waals surface area (Å²) in [5, 5.41) is 11.6.